The van der Waals surface area contributed by atoms with Gasteiger partial charge in [-0.2, -0.15) is 0 Å². The molecule has 9 aromatic rings. The number of ether oxygens (including phenoxy) is 4. The second kappa shape index (κ2) is 19.5. The Morgan fingerprint density at radius 2 is 0.565 bits per heavy atom. The van der Waals surface area contributed by atoms with Gasteiger partial charge in [-0.1, -0.05) is 158 Å². The molecular formula is C58H48O4. The molecular weight excluding hydrogens is 761 g/mol. The second-order valence-electron chi connectivity index (χ2n) is 14.7. The van der Waals surface area contributed by atoms with Gasteiger partial charge >= 0.3 is 0 Å². The van der Waals surface area contributed by atoms with Gasteiger partial charge in [0.2, 0.25) is 0 Å². The molecule has 0 bridgehead atoms. The van der Waals surface area contributed by atoms with Crippen molar-refractivity contribution < 1.29 is 18.9 Å². The first-order chi connectivity index (χ1) is 30.6. The van der Waals surface area contributed by atoms with Crippen molar-refractivity contribution in [1.29, 1.82) is 0 Å². The Morgan fingerprint density at radius 3 is 0.839 bits per heavy atom. The molecule has 0 atom stereocenters. The van der Waals surface area contributed by atoms with E-state index >= 15 is 0 Å². The fourth-order valence-corrected chi connectivity index (χ4v) is 7.82. The number of hydrogen-bond acceptors (Lipinski definition) is 4. The van der Waals surface area contributed by atoms with Crippen LogP contribution in [0.5, 0.6) is 23.0 Å². The lowest BCUT2D eigenvalue weighted by molar-refractivity contribution is 0.414. The minimum absolute atomic E-state index is 0.811. The molecule has 0 aromatic heterocycles. The van der Waals surface area contributed by atoms with Crippen LogP contribution < -0.4 is 18.9 Å². The fourth-order valence-electron chi connectivity index (χ4n) is 7.82. The zero-order chi connectivity index (χ0) is 42.7. The van der Waals surface area contributed by atoms with Gasteiger partial charge in [0.05, 0.1) is 28.4 Å². The molecule has 0 spiro atoms. The van der Waals surface area contributed by atoms with E-state index in [-0.39, 0.29) is 0 Å². The van der Waals surface area contributed by atoms with Crippen molar-refractivity contribution in [1.82, 2.24) is 0 Å². The molecule has 9 aromatic carbocycles. The largest absolute Gasteiger partial charge is 0.497 e. The third kappa shape index (κ3) is 9.16. The monoisotopic (exact) mass is 808 g/mol. The van der Waals surface area contributed by atoms with Crippen molar-refractivity contribution in [2.24, 2.45) is 0 Å². The van der Waals surface area contributed by atoms with Crippen molar-refractivity contribution in [2.45, 2.75) is 0 Å². The molecule has 0 fully saturated rings. The molecule has 0 radical (unpaired) electrons. The van der Waals surface area contributed by atoms with E-state index in [1.807, 2.05) is 84.9 Å². The van der Waals surface area contributed by atoms with E-state index in [1.165, 1.54) is 21.5 Å². The average Bonchev–Trinajstić information content (AvgIpc) is 3.35. The topological polar surface area (TPSA) is 36.9 Å². The van der Waals surface area contributed by atoms with Gasteiger partial charge in [0.25, 0.3) is 0 Å². The summed E-state index contributed by atoms with van der Waals surface area (Å²) in [5.41, 5.74) is 11.0. The van der Waals surface area contributed by atoms with E-state index in [2.05, 4.69) is 133 Å². The van der Waals surface area contributed by atoms with E-state index in [1.54, 1.807) is 28.4 Å². The molecule has 0 aliphatic rings. The summed E-state index contributed by atoms with van der Waals surface area (Å²) in [6.07, 6.45) is 4.66. The zero-order valence-electron chi connectivity index (χ0n) is 35.4. The first kappa shape index (κ1) is 40.9. The van der Waals surface area contributed by atoms with Gasteiger partial charge in [-0.15, -0.1) is 0 Å². The van der Waals surface area contributed by atoms with E-state index in [0.29, 0.717) is 0 Å². The molecule has 304 valence electrons. The average molecular weight is 809 g/mol. The van der Waals surface area contributed by atoms with E-state index in [9.17, 15) is 0 Å². The van der Waals surface area contributed by atoms with Crippen LogP contribution in [0.4, 0.5) is 0 Å². The maximum atomic E-state index is 5.55. The zero-order valence-corrected chi connectivity index (χ0v) is 35.4. The van der Waals surface area contributed by atoms with Gasteiger partial charge in [0.15, 0.2) is 0 Å². The highest BCUT2D eigenvalue weighted by molar-refractivity contribution is 6.13. The molecule has 0 aliphatic heterocycles. The molecule has 0 aliphatic carbocycles. The molecule has 0 heterocycles. The van der Waals surface area contributed by atoms with Crippen molar-refractivity contribution >= 4 is 44.8 Å². The highest BCUT2D eigenvalue weighted by Crippen LogP contribution is 2.43. The predicted octanol–water partition coefficient (Wildman–Crippen LogP) is 14.6. The first-order valence-electron chi connectivity index (χ1n) is 20.6. The van der Waals surface area contributed by atoms with Gasteiger partial charge in [0.1, 0.15) is 23.0 Å². The number of fused-ring (bicyclic) bond motifs is 2. The van der Waals surface area contributed by atoms with Gasteiger partial charge in [-0.05, 0) is 138 Å². The standard InChI is InChI=1S/C52H42O4.C6H6/c1-53-43-25-17-37(18-26-43)49(38-19-27-44(54-2)28-20-38)33-41-15-13-35-9-5-7-11-47(35)51(41)52-42(16-14-36-10-6-8-12-48(36)52)34-50(39-21-29-45(55-3)30-22-39)40-23-31-46(56-4)32-24-40;1-2-4-6-5-3-1/h5-34H,1-4H3;1-6H. The number of hydrogen-bond donors (Lipinski definition) is 0. The normalized spacial score (nSPS) is 10.6. The van der Waals surface area contributed by atoms with E-state index < -0.39 is 0 Å². The van der Waals surface area contributed by atoms with Crippen LogP contribution in [0.25, 0.3) is 56.0 Å². The first-order valence-corrected chi connectivity index (χ1v) is 20.6. The van der Waals surface area contributed by atoms with Gasteiger partial charge in [0, 0.05) is 0 Å². The minimum Gasteiger partial charge on any atom is -0.497 e. The number of benzene rings is 9. The van der Waals surface area contributed by atoms with Gasteiger partial charge in [-0.3, -0.25) is 0 Å². The third-order valence-electron chi connectivity index (χ3n) is 11.0. The van der Waals surface area contributed by atoms with Crippen molar-refractivity contribution in [3.63, 3.8) is 0 Å². The second-order valence-corrected chi connectivity index (χ2v) is 14.7. The number of rotatable bonds is 11. The molecule has 4 nitrogen and oxygen atoms in total. The summed E-state index contributed by atoms with van der Waals surface area (Å²) < 4.78 is 22.2. The van der Waals surface area contributed by atoms with Gasteiger partial charge < -0.3 is 18.9 Å². The lowest BCUT2D eigenvalue weighted by atomic mass is 9.84. The van der Waals surface area contributed by atoms with Crippen molar-refractivity contribution in [3.05, 3.63) is 240 Å². The van der Waals surface area contributed by atoms with Crippen LogP contribution in [0.3, 0.4) is 0 Å². The van der Waals surface area contributed by atoms with Crippen LogP contribution in [0.15, 0.2) is 206 Å². The minimum atomic E-state index is 0.811. The summed E-state index contributed by atoms with van der Waals surface area (Å²) in [5, 5.41) is 4.69. The Balaban J connectivity index is 0.000000813. The van der Waals surface area contributed by atoms with Crippen molar-refractivity contribution in [3.8, 4) is 34.1 Å². The molecule has 0 N–H and O–H groups in total. The van der Waals surface area contributed by atoms with Crippen LogP contribution in [0.1, 0.15) is 33.4 Å². The highest BCUT2D eigenvalue weighted by atomic mass is 16.5. The molecule has 9 rings (SSSR count). The Bertz CT molecular complexity index is 2630. The molecule has 0 amide bonds. The number of methoxy groups -OCH3 is 4. The molecule has 0 saturated heterocycles. The SMILES string of the molecule is COc1ccc(C(=Cc2ccc3ccccc3c2-c2c(C=C(c3ccc(OC)cc3)c3ccc(OC)cc3)ccc3ccccc23)c2ccc(OC)cc2)cc1.c1ccccc1. The fraction of sp³-hybridized carbons (Fsp3) is 0.0690. The summed E-state index contributed by atoms with van der Waals surface area (Å²) in [4.78, 5) is 0. The van der Waals surface area contributed by atoms with Crippen LogP contribution in [0.2, 0.25) is 0 Å². The molecule has 62 heavy (non-hydrogen) atoms. The van der Waals surface area contributed by atoms with Crippen LogP contribution >= 0.6 is 0 Å². The molecule has 0 unspecified atom stereocenters. The Kier molecular flexibility index (Phi) is 12.9. The summed E-state index contributed by atoms with van der Waals surface area (Å²) in [6.45, 7) is 0. The highest BCUT2D eigenvalue weighted by Gasteiger charge is 2.19. The van der Waals surface area contributed by atoms with Crippen molar-refractivity contribution in [2.75, 3.05) is 28.4 Å². The summed E-state index contributed by atoms with van der Waals surface area (Å²) in [7, 11) is 6.78. The smallest absolute Gasteiger partial charge is 0.118 e. The molecule has 0 saturated carbocycles. The summed E-state index contributed by atoms with van der Waals surface area (Å²) >= 11 is 0. The lowest BCUT2D eigenvalue weighted by Crippen LogP contribution is -1.96. The van der Waals surface area contributed by atoms with Crippen LogP contribution in [-0.4, -0.2) is 28.4 Å². The lowest BCUT2D eigenvalue weighted by Gasteiger charge is -2.19. The van der Waals surface area contributed by atoms with Gasteiger partial charge in [-0.25, -0.2) is 0 Å². The van der Waals surface area contributed by atoms with E-state index in [0.717, 1.165) is 78.7 Å². The quantitative estimate of drug-likeness (QED) is 0.122. The summed E-state index contributed by atoms with van der Waals surface area (Å²) in [5.74, 6) is 3.24. The molecule has 4 heteroatoms. The maximum Gasteiger partial charge on any atom is 0.118 e. The third-order valence-corrected chi connectivity index (χ3v) is 11.0. The Labute approximate surface area is 364 Å². The van der Waals surface area contributed by atoms with Crippen LogP contribution in [-0.2, 0) is 0 Å². The Morgan fingerprint density at radius 1 is 0.290 bits per heavy atom. The van der Waals surface area contributed by atoms with E-state index in [4.69, 9.17) is 18.9 Å². The van der Waals surface area contributed by atoms with Crippen LogP contribution in [0, 0.1) is 0 Å². The summed E-state index contributed by atoms with van der Waals surface area (Å²) in [6, 6.07) is 71.4. The predicted molar refractivity (Wildman–Crippen MR) is 259 cm³/mol. The Hall–Kier alpha value is -7.82. The maximum absolute atomic E-state index is 5.55.